The topological polar surface area (TPSA) is 87.7 Å². The lowest BCUT2D eigenvalue weighted by Crippen LogP contribution is -2.06. The van der Waals surface area contributed by atoms with Crippen molar-refractivity contribution in [2.45, 2.75) is 6.92 Å². The minimum absolute atomic E-state index is 0.0253. The molecule has 0 bridgehead atoms. The summed E-state index contributed by atoms with van der Waals surface area (Å²) >= 11 is 17.7. The number of hydrogen-bond acceptors (Lipinski definition) is 5. The normalized spacial score (nSPS) is 11.5. The van der Waals surface area contributed by atoms with E-state index in [0.29, 0.717) is 11.5 Å². The van der Waals surface area contributed by atoms with Crippen molar-refractivity contribution in [2.24, 2.45) is 5.10 Å². The van der Waals surface area contributed by atoms with Crippen LogP contribution in [-0.2, 0) is 0 Å². The number of hydrazone groups is 1. The van der Waals surface area contributed by atoms with E-state index >= 15 is 0 Å². The molecule has 2 heterocycles. The van der Waals surface area contributed by atoms with Gasteiger partial charge in [-0.15, -0.1) is 0 Å². The lowest BCUT2D eigenvalue weighted by atomic mass is 10.3. The number of hydrogen-bond donors (Lipinski definition) is 2. The fourth-order valence-corrected chi connectivity index (χ4v) is 2.10. The average molecular weight is 349 g/mol. The quantitative estimate of drug-likeness (QED) is 0.492. The predicted octanol–water partition coefficient (Wildman–Crippen LogP) is 4.17. The van der Waals surface area contributed by atoms with E-state index in [9.17, 15) is 4.79 Å². The Kier molecular flexibility index (Phi) is 4.72. The number of rotatable bonds is 4. The smallest absolute Gasteiger partial charge is 0.356 e. The highest BCUT2D eigenvalue weighted by Crippen LogP contribution is 2.36. The molecule has 6 nitrogen and oxygen atoms in total. The summed E-state index contributed by atoms with van der Waals surface area (Å²) in [6.45, 7) is 1.69. The highest BCUT2D eigenvalue weighted by atomic mass is 35.5. The zero-order chi connectivity index (χ0) is 15.6. The first kappa shape index (κ1) is 15.6. The summed E-state index contributed by atoms with van der Waals surface area (Å²) in [7, 11) is 0. The summed E-state index contributed by atoms with van der Waals surface area (Å²) < 4.78 is 5.16. The second-order valence-electron chi connectivity index (χ2n) is 3.85. The summed E-state index contributed by atoms with van der Waals surface area (Å²) in [5, 5.41) is 12.6. The number of carboxylic acids is 1. The van der Waals surface area contributed by atoms with Crippen LogP contribution in [0.5, 0.6) is 0 Å². The van der Waals surface area contributed by atoms with E-state index < -0.39 is 11.7 Å². The lowest BCUT2D eigenvalue weighted by molar-refractivity contribution is 0.0691. The van der Waals surface area contributed by atoms with Gasteiger partial charge in [0.2, 0.25) is 0 Å². The van der Waals surface area contributed by atoms with Crippen molar-refractivity contribution in [1.82, 2.24) is 4.98 Å². The van der Waals surface area contributed by atoms with E-state index in [2.05, 4.69) is 15.5 Å². The largest absolute Gasteiger partial charge is 0.476 e. The third-order valence-corrected chi connectivity index (χ3v) is 3.56. The van der Waals surface area contributed by atoms with Gasteiger partial charge in [-0.25, -0.2) is 9.78 Å². The Morgan fingerprint density at radius 2 is 2.10 bits per heavy atom. The van der Waals surface area contributed by atoms with E-state index in [1.807, 2.05) is 0 Å². The monoisotopic (exact) mass is 347 g/mol. The van der Waals surface area contributed by atoms with Gasteiger partial charge in [-0.2, -0.15) is 5.10 Å². The van der Waals surface area contributed by atoms with Crippen LogP contribution in [0.2, 0.25) is 15.2 Å². The number of anilines is 1. The van der Waals surface area contributed by atoms with Crippen LogP contribution < -0.4 is 5.43 Å². The molecule has 0 atom stereocenters. The van der Waals surface area contributed by atoms with Gasteiger partial charge in [0.05, 0.1) is 12.0 Å². The second-order valence-corrected chi connectivity index (χ2v) is 4.96. The van der Waals surface area contributed by atoms with Gasteiger partial charge >= 0.3 is 5.97 Å². The Morgan fingerprint density at radius 3 is 2.67 bits per heavy atom. The summed E-state index contributed by atoms with van der Waals surface area (Å²) in [5.74, 6) is -0.790. The van der Waals surface area contributed by atoms with Crippen LogP contribution in [-0.4, -0.2) is 21.8 Å². The first-order valence-electron chi connectivity index (χ1n) is 5.53. The van der Waals surface area contributed by atoms with Crippen LogP contribution in [0.4, 0.5) is 5.69 Å². The van der Waals surface area contributed by atoms with Gasteiger partial charge in [0.25, 0.3) is 0 Å². The van der Waals surface area contributed by atoms with Gasteiger partial charge in [-0.1, -0.05) is 34.8 Å². The number of pyridine rings is 1. The van der Waals surface area contributed by atoms with Crippen molar-refractivity contribution in [3.05, 3.63) is 45.0 Å². The third kappa shape index (κ3) is 3.29. The SMILES string of the molecule is C/C(=N/Nc1c(Cl)c(Cl)nc(C(=O)O)c1Cl)c1ccco1. The number of nitrogens with zero attached hydrogens (tertiary/aromatic N) is 2. The molecule has 21 heavy (non-hydrogen) atoms. The molecule has 0 radical (unpaired) electrons. The van der Waals surface area contributed by atoms with Gasteiger partial charge in [0.1, 0.15) is 21.5 Å². The Hall–Kier alpha value is -1.76. The summed E-state index contributed by atoms with van der Waals surface area (Å²) in [5.41, 5.74) is 2.73. The molecule has 0 unspecified atom stereocenters. The molecule has 110 valence electrons. The molecule has 2 aromatic rings. The van der Waals surface area contributed by atoms with Crippen molar-refractivity contribution in [3.63, 3.8) is 0 Å². The fourth-order valence-electron chi connectivity index (χ4n) is 1.43. The molecule has 2 N–H and O–H groups in total. The first-order valence-corrected chi connectivity index (χ1v) is 6.67. The van der Waals surface area contributed by atoms with E-state index in [1.54, 1.807) is 19.1 Å². The maximum atomic E-state index is 11.0. The van der Waals surface area contributed by atoms with Gasteiger partial charge in [0, 0.05) is 0 Å². The van der Waals surface area contributed by atoms with Crippen molar-refractivity contribution in [2.75, 3.05) is 5.43 Å². The molecule has 2 aromatic heterocycles. The summed E-state index contributed by atoms with van der Waals surface area (Å²) in [6.07, 6.45) is 1.50. The second kappa shape index (κ2) is 6.34. The molecule has 0 amide bonds. The van der Waals surface area contributed by atoms with Gasteiger partial charge < -0.3 is 9.52 Å². The van der Waals surface area contributed by atoms with Crippen LogP contribution in [0.15, 0.2) is 27.9 Å². The number of halogens is 3. The van der Waals surface area contributed by atoms with Gasteiger partial charge in [-0.05, 0) is 19.1 Å². The average Bonchev–Trinajstić information content (AvgIpc) is 2.96. The number of aromatic nitrogens is 1. The molecule has 0 aliphatic carbocycles. The first-order chi connectivity index (χ1) is 9.91. The van der Waals surface area contributed by atoms with Crippen molar-refractivity contribution in [1.29, 1.82) is 0 Å². The predicted molar refractivity (Wildman–Crippen MR) is 80.8 cm³/mol. The van der Waals surface area contributed by atoms with Crippen LogP contribution >= 0.6 is 34.8 Å². The molecule has 2 rings (SSSR count). The zero-order valence-electron chi connectivity index (χ0n) is 10.5. The summed E-state index contributed by atoms with van der Waals surface area (Å²) in [6, 6.07) is 3.42. The molecule has 0 aliphatic rings. The number of nitrogens with one attached hydrogen (secondary N) is 1. The highest BCUT2D eigenvalue weighted by molar-refractivity contribution is 6.46. The van der Waals surface area contributed by atoms with E-state index in [1.165, 1.54) is 6.26 Å². The van der Waals surface area contributed by atoms with E-state index in [0.717, 1.165) is 0 Å². The molecular weight excluding hydrogens is 341 g/mol. The van der Waals surface area contributed by atoms with Crippen LogP contribution in [0.25, 0.3) is 0 Å². The third-order valence-electron chi connectivity index (χ3n) is 2.45. The molecule has 0 aliphatic heterocycles. The van der Waals surface area contributed by atoms with Crippen molar-refractivity contribution < 1.29 is 14.3 Å². The Labute approximate surface area is 134 Å². The van der Waals surface area contributed by atoms with E-state index in [4.69, 9.17) is 44.3 Å². The number of aromatic carboxylic acids is 1. The fraction of sp³-hybridized carbons (Fsp3) is 0.0833. The van der Waals surface area contributed by atoms with Crippen LogP contribution in [0, 0.1) is 0 Å². The molecular formula is C12H8Cl3N3O3. The molecule has 9 heteroatoms. The van der Waals surface area contributed by atoms with Crippen LogP contribution in [0.1, 0.15) is 23.2 Å². The van der Waals surface area contributed by atoms with Crippen molar-refractivity contribution in [3.8, 4) is 0 Å². The Bertz CT molecular complexity index is 714. The Balaban J connectivity index is 2.40. The molecule has 0 fully saturated rings. The minimum Gasteiger partial charge on any atom is -0.476 e. The molecule has 0 spiro atoms. The van der Waals surface area contributed by atoms with Crippen LogP contribution in [0.3, 0.4) is 0 Å². The molecule has 0 saturated carbocycles. The number of carboxylic acid groups (broad SMARTS) is 1. The summed E-state index contributed by atoms with van der Waals surface area (Å²) in [4.78, 5) is 14.6. The van der Waals surface area contributed by atoms with Gasteiger partial charge in [-0.3, -0.25) is 5.43 Å². The number of furan rings is 1. The van der Waals surface area contributed by atoms with E-state index in [-0.39, 0.29) is 20.9 Å². The maximum Gasteiger partial charge on any atom is 0.356 e. The minimum atomic E-state index is -1.33. The van der Waals surface area contributed by atoms with Gasteiger partial charge in [0.15, 0.2) is 10.8 Å². The van der Waals surface area contributed by atoms with Crippen molar-refractivity contribution >= 4 is 52.2 Å². The highest BCUT2D eigenvalue weighted by Gasteiger charge is 2.20. The lowest BCUT2D eigenvalue weighted by Gasteiger charge is -2.10. The Morgan fingerprint density at radius 1 is 1.38 bits per heavy atom. The standard InChI is InChI=1S/C12H8Cl3N3O3/c1-5(6-3-2-4-21-6)17-18-9-7(13)10(12(19)20)16-11(15)8(9)14/h2-4H,1H3,(H,16,18)(H,19,20)/b17-5-. The molecule has 0 aromatic carbocycles. The maximum absolute atomic E-state index is 11.0. The number of carbonyl (C=O) groups is 1. The zero-order valence-corrected chi connectivity index (χ0v) is 12.8. The molecule has 0 saturated heterocycles.